The van der Waals surface area contributed by atoms with Crippen LogP contribution in [0.4, 0.5) is 11.4 Å². The number of amides is 3. The van der Waals surface area contributed by atoms with Crippen LogP contribution in [0.25, 0.3) is 0 Å². The van der Waals surface area contributed by atoms with Crippen LogP contribution in [0.1, 0.15) is 25.3 Å². The van der Waals surface area contributed by atoms with Crippen LogP contribution >= 0.6 is 0 Å². The largest absolute Gasteiger partial charge is 0.493 e. The van der Waals surface area contributed by atoms with Gasteiger partial charge in [-0.3, -0.25) is 19.4 Å². The Kier molecular flexibility index (Phi) is 5.99. The molecule has 0 bridgehead atoms. The molecule has 3 amide bonds. The van der Waals surface area contributed by atoms with Crippen LogP contribution in [0, 0.1) is 0 Å². The Morgan fingerprint density at radius 3 is 2.36 bits per heavy atom. The molecule has 2 aromatic rings. The molecule has 33 heavy (non-hydrogen) atoms. The van der Waals surface area contributed by atoms with Gasteiger partial charge < -0.3 is 14.8 Å². The smallest absolute Gasteiger partial charge is 0.263 e. The highest BCUT2D eigenvalue weighted by Crippen LogP contribution is 2.33. The maximum atomic E-state index is 13.1. The molecule has 2 heterocycles. The van der Waals surface area contributed by atoms with Gasteiger partial charge in [0.25, 0.3) is 11.8 Å². The number of carbonyl (C=O) groups excluding carboxylic acids is 3. The van der Waals surface area contributed by atoms with Crippen molar-refractivity contribution in [3.8, 4) is 11.5 Å². The summed E-state index contributed by atoms with van der Waals surface area (Å²) in [6.07, 6.45) is 0. The zero-order valence-corrected chi connectivity index (χ0v) is 18.8. The fourth-order valence-corrected chi connectivity index (χ4v) is 3.88. The lowest BCUT2D eigenvalue weighted by Gasteiger charge is -2.20. The first-order valence-corrected chi connectivity index (χ1v) is 10.5. The number of hydrogen-bond donors (Lipinski definition) is 1. The number of rotatable bonds is 7. The minimum absolute atomic E-state index is 0.238. The molecule has 0 unspecified atom stereocenters. The summed E-state index contributed by atoms with van der Waals surface area (Å²) < 4.78 is 10.4. The molecule has 2 aromatic carbocycles. The summed E-state index contributed by atoms with van der Waals surface area (Å²) >= 11 is 0. The third kappa shape index (κ3) is 4.11. The van der Waals surface area contributed by atoms with Gasteiger partial charge in [0.2, 0.25) is 5.91 Å². The summed E-state index contributed by atoms with van der Waals surface area (Å²) in [7, 11) is 3.02. The molecule has 1 N–H and O–H groups in total. The van der Waals surface area contributed by atoms with E-state index >= 15 is 0 Å². The Balaban J connectivity index is 1.46. The summed E-state index contributed by atoms with van der Waals surface area (Å²) in [5.74, 6) is 0.00827. The van der Waals surface area contributed by atoms with E-state index in [-0.39, 0.29) is 6.54 Å². The van der Waals surface area contributed by atoms with Crippen molar-refractivity contribution in [2.45, 2.75) is 31.8 Å². The molecule has 0 aliphatic carbocycles. The van der Waals surface area contributed by atoms with Gasteiger partial charge in [-0.1, -0.05) is 31.2 Å². The molecule has 10 heteroatoms. The second-order valence-corrected chi connectivity index (χ2v) is 8.07. The third-order valence-electron chi connectivity index (χ3n) is 5.65. The van der Waals surface area contributed by atoms with Crippen LogP contribution in [0.5, 0.6) is 11.5 Å². The van der Waals surface area contributed by atoms with Gasteiger partial charge in [-0.25, -0.2) is 4.90 Å². The van der Waals surface area contributed by atoms with Crippen LogP contribution in [-0.4, -0.2) is 55.6 Å². The van der Waals surface area contributed by atoms with Crippen molar-refractivity contribution in [1.29, 1.82) is 0 Å². The summed E-state index contributed by atoms with van der Waals surface area (Å²) in [5.41, 5.74) is 2.07. The topological polar surface area (TPSA) is 113 Å². The third-order valence-corrected chi connectivity index (χ3v) is 5.65. The molecule has 0 spiro atoms. The number of ether oxygens (including phenoxy) is 2. The molecular formula is C23H25N5O5. The minimum Gasteiger partial charge on any atom is -0.493 e. The van der Waals surface area contributed by atoms with Crippen molar-refractivity contribution in [1.82, 2.24) is 5.01 Å². The van der Waals surface area contributed by atoms with Crippen molar-refractivity contribution in [2.75, 3.05) is 31.0 Å². The van der Waals surface area contributed by atoms with E-state index in [2.05, 4.69) is 29.5 Å². The number of methoxy groups -OCH3 is 2. The van der Waals surface area contributed by atoms with Crippen LogP contribution in [0.3, 0.4) is 0 Å². The van der Waals surface area contributed by atoms with E-state index in [0.717, 1.165) is 10.5 Å². The standard InChI is InChI=1S/C23H25N5O5/c1-13(2)14-5-8-16(9-6-14)28-22(30)20-21(23(28)31)27(26-25-20)12-19(29)24-15-7-10-17(32-3)18(11-15)33-4/h5-11,13,20-21H,12H2,1-4H3,(H,24,29)/t20-,21-/m0/s1. The fourth-order valence-electron chi connectivity index (χ4n) is 3.88. The molecule has 2 aliphatic heterocycles. The zero-order valence-electron chi connectivity index (χ0n) is 18.8. The van der Waals surface area contributed by atoms with E-state index in [1.165, 1.54) is 19.2 Å². The van der Waals surface area contributed by atoms with Gasteiger partial charge in [0, 0.05) is 11.8 Å². The highest BCUT2D eigenvalue weighted by atomic mass is 16.5. The summed E-state index contributed by atoms with van der Waals surface area (Å²) in [6.45, 7) is 3.89. The predicted molar refractivity (Wildman–Crippen MR) is 120 cm³/mol. The molecule has 0 aromatic heterocycles. The molecule has 0 radical (unpaired) electrons. The number of nitrogens with zero attached hydrogens (tertiary/aromatic N) is 4. The van der Waals surface area contributed by atoms with E-state index < -0.39 is 29.8 Å². The first-order chi connectivity index (χ1) is 15.8. The minimum atomic E-state index is -0.962. The molecule has 0 saturated carbocycles. The van der Waals surface area contributed by atoms with Crippen molar-refractivity contribution in [2.24, 2.45) is 10.3 Å². The zero-order chi connectivity index (χ0) is 23.7. The number of anilines is 2. The van der Waals surface area contributed by atoms with Crippen LogP contribution in [-0.2, 0) is 14.4 Å². The van der Waals surface area contributed by atoms with Crippen molar-refractivity contribution >= 4 is 29.1 Å². The number of hydrogen-bond acceptors (Lipinski definition) is 8. The van der Waals surface area contributed by atoms with Gasteiger partial charge in [-0.05, 0) is 35.7 Å². The van der Waals surface area contributed by atoms with Gasteiger partial charge in [-0.2, -0.15) is 5.11 Å². The maximum absolute atomic E-state index is 13.1. The van der Waals surface area contributed by atoms with Gasteiger partial charge in [0.1, 0.15) is 6.54 Å². The van der Waals surface area contributed by atoms with Crippen LogP contribution in [0.2, 0.25) is 0 Å². The van der Waals surface area contributed by atoms with Gasteiger partial charge in [0.15, 0.2) is 23.6 Å². The van der Waals surface area contributed by atoms with Gasteiger partial charge in [-0.15, -0.1) is 0 Å². The lowest BCUT2D eigenvalue weighted by molar-refractivity contribution is -0.123. The molecule has 4 rings (SSSR count). The number of imide groups is 1. The Bertz CT molecular complexity index is 1110. The monoisotopic (exact) mass is 451 g/mol. The molecule has 2 atom stereocenters. The van der Waals surface area contributed by atoms with E-state index in [1.54, 1.807) is 30.3 Å². The van der Waals surface area contributed by atoms with Crippen LogP contribution < -0.4 is 19.7 Å². The Labute approximate surface area is 191 Å². The lowest BCUT2D eigenvalue weighted by Crippen LogP contribution is -2.43. The van der Waals surface area contributed by atoms with E-state index in [4.69, 9.17) is 9.47 Å². The Hall–Kier alpha value is -3.95. The summed E-state index contributed by atoms with van der Waals surface area (Å²) in [6, 6.07) is 10.3. The summed E-state index contributed by atoms with van der Waals surface area (Å²) in [5, 5.41) is 11.9. The Morgan fingerprint density at radius 1 is 1.03 bits per heavy atom. The highest BCUT2D eigenvalue weighted by Gasteiger charge is 2.55. The predicted octanol–water partition coefficient (Wildman–Crippen LogP) is 2.76. The molecule has 1 saturated heterocycles. The second kappa shape index (κ2) is 8.89. The number of benzene rings is 2. The van der Waals surface area contributed by atoms with E-state index in [0.29, 0.717) is 28.8 Å². The average Bonchev–Trinajstić information content (AvgIpc) is 3.32. The maximum Gasteiger partial charge on any atom is 0.263 e. The summed E-state index contributed by atoms with van der Waals surface area (Å²) in [4.78, 5) is 39.7. The quantitative estimate of drug-likeness (QED) is 0.648. The van der Waals surface area contributed by atoms with Gasteiger partial charge in [0.05, 0.1) is 19.9 Å². The first-order valence-electron chi connectivity index (χ1n) is 10.5. The molecule has 172 valence electrons. The van der Waals surface area contributed by atoms with E-state index in [9.17, 15) is 14.4 Å². The number of nitrogens with one attached hydrogen (secondary N) is 1. The van der Waals surface area contributed by atoms with Gasteiger partial charge >= 0.3 is 0 Å². The lowest BCUT2D eigenvalue weighted by atomic mass is 10.0. The van der Waals surface area contributed by atoms with Crippen LogP contribution in [0.15, 0.2) is 52.8 Å². The molecule has 1 fully saturated rings. The highest BCUT2D eigenvalue weighted by molar-refractivity contribution is 6.25. The number of carbonyl (C=O) groups is 3. The van der Waals surface area contributed by atoms with Crippen molar-refractivity contribution < 1.29 is 23.9 Å². The fraction of sp³-hybridized carbons (Fsp3) is 0.348. The molecule has 2 aliphatic rings. The SMILES string of the molecule is COc1ccc(NC(=O)CN2N=N[C@@H]3C(=O)N(c4ccc(C(C)C)cc4)C(=O)[C@H]32)cc1OC. The van der Waals surface area contributed by atoms with Crippen molar-refractivity contribution in [3.63, 3.8) is 0 Å². The molecular weight excluding hydrogens is 426 g/mol. The van der Waals surface area contributed by atoms with Crippen molar-refractivity contribution in [3.05, 3.63) is 48.0 Å². The normalized spacial score (nSPS) is 19.3. The first kappa shape index (κ1) is 22.3. The molecule has 10 nitrogen and oxygen atoms in total. The Morgan fingerprint density at radius 2 is 1.73 bits per heavy atom. The number of fused-ring (bicyclic) bond motifs is 1. The van der Waals surface area contributed by atoms with E-state index in [1.807, 2.05) is 12.1 Å². The average molecular weight is 451 g/mol. The second-order valence-electron chi connectivity index (χ2n) is 8.07.